The Labute approximate surface area is 185 Å². The minimum Gasteiger partial charge on any atom is -0.389 e. The lowest BCUT2D eigenvalue weighted by molar-refractivity contribution is -0.125. The molecule has 1 aliphatic carbocycles. The minimum atomic E-state index is -1.09. The van der Waals surface area contributed by atoms with Crippen LogP contribution >= 0.6 is 0 Å². The number of allylic oxidation sites excluding steroid dienone is 1. The van der Waals surface area contributed by atoms with E-state index in [1.807, 2.05) is 6.08 Å². The monoisotopic (exact) mass is 441 g/mol. The average Bonchev–Trinajstić information content (AvgIpc) is 3.01. The van der Waals surface area contributed by atoms with E-state index in [-0.39, 0.29) is 35.8 Å². The van der Waals surface area contributed by atoms with E-state index >= 15 is 0 Å². The van der Waals surface area contributed by atoms with Gasteiger partial charge < -0.3 is 20.5 Å². The van der Waals surface area contributed by atoms with Gasteiger partial charge in [0.05, 0.1) is 17.2 Å². The van der Waals surface area contributed by atoms with Gasteiger partial charge in [0.2, 0.25) is 11.8 Å². The highest BCUT2D eigenvalue weighted by molar-refractivity contribution is 6.23. The molecule has 0 saturated carbocycles. The molecule has 9 nitrogen and oxygen atoms in total. The highest BCUT2D eigenvalue weighted by atomic mass is 16.3. The summed E-state index contributed by atoms with van der Waals surface area (Å²) < 4.78 is 0. The summed E-state index contributed by atoms with van der Waals surface area (Å²) >= 11 is 0. The Hall–Kier alpha value is -3.33. The van der Waals surface area contributed by atoms with Crippen LogP contribution in [0.1, 0.15) is 59.2 Å². The molecule has 3 N–H and O–H groups in total. The van der Waals surface area contributed by atoms with Crippen LogP contribution in [-0.4, -0.2) is 59.1 Å². The van der Waals surface area contributed by atoms with Crippen LogP contribution in [0.15, 0.2) is 30.4 Å². The number of anilines is 1. The molecule has 0 spiro atoms. The fourth-order valence-electron chi connectivity index (χ4n) is 4.06. The molecule has 1 aromatic rings. The second kappa shape index (κ2) is 10.3. The van der Waals surface area contributed by atoms with E-state index in [4.69, 9.17) is 0 Å². The van der Waals surface area contributed by atoms with Gasteiger partial charge in [-0.1, -0.05) is 12.2 Å². The summed E-state index contributed by atoms with van der Waals surface area (Å²) in [5.41, 5.74) is 0.621. The first-order valence-corrected chi connectivity index (χ1v) is 10.7. The molecule has 0 radical (unpaired) electrons. The number of aliphatic hydroxyl groups is 1. The van der Waals surface area contributed by atoms with Crippen molar-refractivity contribution in [1.82, 2.24) is 10.2 Å². The summed E-state index contributed by atoms with van der Waals surface area (Å²) in [6.45, 7) is 0. The molecule has 9 heteroatoms. The Morgan fingerprint density at radius 1 is 1.19 bits per heavy atom. The highest BCUT2D eigenvalue weighted by Crippen LogP contribution is 2.29. The van der Waals surface area contributed by atoms with Crippen LogP contribution in [0.4, 0.5) is 5.69 Å². The average molecular weight is 441 g/mol. The molecule has 0 fully saturated rings. The number of carbonyl (C=O) groups is 5. The lowest BCUT2D eigenvalue weighted by Gasteiger charge is -2.24. The summed E-state index contributed by atoms with van der Waals surface area (Å²) in [5, 5.41) is 15.0. The predicted octanol–water partition coefficient (Wildman–Crippen LogP) is 1.42. The molecule has 170 valence electrons. The molecular formula is C23H27N3O6. The molecule has 1 aliphatic heterocycles. The van der Waals surface area contributed by atoms with E-state index in [1.165, 1.54) is 19.2 Å². The van der Waals surface area contributed by atoms with Gasteiger partial charge in [0.25, 0.3) is 11.8 Å². The molecule has 1 heterocycles. The molecule has 0 saturated heterocycles. The van der Waals surface area contributed by atoms with Crippen LogP contribution in [0.3, 0.4) is 0 Å². The number of carbonyl (C=O) groups excluding carboxylic acids is 5. The normalized spacial score (nSPS) is 22.4. The van der Waals surface area contributed by atoms with Crippen molar-refractivity contribution < 1.29 is 29.1 Å². The minimum absolute atomic E-state index is 0.0259. The number of nitrogens with zero attached hydrogens (tertiary/aromatic N) is 1. The Kier molecular flexibility index (Phi) is 7.53. The fourth-order valence-corrected chi connectivity index (χ4v) is 4.06. The molecular weight excluding hydrogens is 414 g/mol. The number of rotatable bonds is 7. The number of hydrogen-bond acceptors (Lipinski definition) is 6. The summed E-state index contributed by atoms with van der Waals surface area (Å²) in [4.78, 5) is 62.5. The first kappa shape index (κ1) is 23.3. The summed E-state index contributed by atoms with van der Waals surface area (Å²) in [5.74, 6) is -2.27. The number of aldehydes is 1. The van der Waals surface area contributed by atoms with Crippen molar-refractivity contribution >= 4 is 35.6 Å². The second-order valence-electron chi connectivity index (χ2n) is 7.95. The molecule has 4 amide bonds. The maximum absolute atomic E-state index is 13.0. The van der Waals surface area contributed by atoms with Gasteiger partial charge in [-0.2, -0.15) is 0 Å². The third kappa shape index (κ3) is 4.94. The van der Waals surface area contributed by atoms with Gasteiger partial charge in [0, 0.05) is 25.1 Å². The largest absolute Gasteiger partial charge is 0.389 e. The van der Waals surface area contributed by atoms with Crippen molar-refractivity contribution in [2.45, 2.75) is 50.7 Å². The number of imide groups is 1. The Morgan fingerprint density at radius 2 is 1.94 bits per heavy atom. The van der Waals surface area contributed by atoms with Gasteiger partial charge >= 0.3 is 0 Å². The van der Waals surface area contributed by atoms with Crippen LogP contribution in [0.25, 0.3) is 0 Å². The molecule has 3 unspecified atom stereocenters. The number of amides is 4. The first-order valence-electron chi connectivity index (χ1n) is 10.7. The van der Waals surface area contributed by atoms with Gasteiger partial charge in [-0.3, -0.25) is 24.1 Å². The number of fused-ring (bicyclic) bond motifs is 1. The zero-order valence-corrected chi connectivity index (χ0v) is 17.9. The molecule has 2 aliphatic rings. The third-order valence-electron chi connectivity index (χ3n) is 5.83. The predicted molar refractivity (Wildman–Crippen MR) is 116 cm³/mol. The molecule has 1 aromatic carbocycles. The molecule has 3 atom stereocenters. The van der Waals surface area contributed by atoms with E-state index in [0.717, 1.165) is 4.90 Å². The summed E-state index contributed by atoms with van der Waals surface area (Å²) in [6.07, 6.45) is 6.09. The van der Waals surface area contributed by atoms with Crippen molar-refractivity contribution in [2.75, 3.05) is 12.4 Å². The Morgan fingerprint density at radius 3 is 2.66 bits per heavy atom. The maximum Gasteiger partial charge on any atom is 0.262 e. The number of benzene rings is 1. The maximum atomic E-state index is 13.0. The summed E-state index contributed by atoms with van der Waals surface area (Å²) in [7, 11) is 1.40. The quantitative estimate of drug-likeness (QED) is 0.333. The van der Waals surface area contributed by atoms with Gasteiger partial charge in [-0.25, -0.2) is 0 Å². The van der Waals surface area contributed by atoms with Crippen molar-refractivity contribution in [3.8, 4) is 0 Å². The van der Waals surface area contributed by atoms with E-state index in [0.29, 0.717) is 37.7 Å². The topological polar surface area (TPSA) is 133 Å². The zero-order valence-electron chi connectivity index (χ0n) is 17.9. The third-order valence-corrected chi connectivity index (χ3v) is 5.83. The molecule has 0 aromatic heterocycles. The zero-order chi connectivity index (χ0) is 23.3. The van der Waals surface area contributed by atoms with Gasteiger partial charge in [0.1, 0.15) is 12.3 Å². The Bertz CT molecular complexity index is 957. The van der Waals surface area contributed by atoms with Crippen molar-refractivity contribution in [1.29, 1.82) is 0 Å². The standard InChI is InChI=1S/C23H27N3O6/c1-24-21(30)19(7-4-12-27)26-22(31)17-11-9-15(13-18(17)23(26)32)25-20(29)14-5-2-3-6-16(28)10-8-14/h3,6,9,11-14,16,19,28H,2,4-5,7-8,10H2,1H3,(H,24,30)(H,25,29)/b6-3+. The molecule has 32 heavy (non-hydrogen) atoms. The van der Waals surface area contributed by atoms with Crippen molar-refractivity contribution in [3.63, 3.8) is 0 Å². The second-order valence-corrected chi connectivity index (χ2v) is 7.95. The number of aliphatic hydroxyl groups excluding tert-OH is 1. The first-order chi connectivity index (χ1) is 15.4. The molecule has 0 bridgehead atoms. The lowest BCUT2D eigenvalue weighted by atomic mass is 9.92. The number of likely N-dealkylation sites (N-methyl/N-ethyl adjacent to an activating group) is 1. The van der Waals surface area contributed by atoms with Crippen molar-refractivity contribution in [2.24, 2.45) is 5.92 Å². The molecule has 3 rings (SSSR count). The SMILES string of the molecule is CNC(=O)C(CCC=O)N1C(=O)c2ccc(NC(=O)C3CC/C=C/C(O)CC3)cc2C1=O. The van der Waals surface area contributed by atoms with Crippen LogP contribution in [0.5, 0.6) is 0 Å². The van der Waals surface area contributed by atoms with Crippen LogP contribution in [0.2, 0.25) is 0 Å². The van der Waals surface area contributed by atoms with Crippen LogP contribution in [0, 0.1) is 5.92 Å². The van der Waals surface area contributed by atoms with Gasteiger partial charge in [-0.05, 0) is 50.3 Å². The van der Waals surface area contributed by atoms with E-state index in [9.17, 15) is 29.1 Å². The smallest absolute Gasteiger partial charge is 0.262 e. The Balaban J connectivity index is 1.78. The highest BCUT2D eigenvalue weighted by Gasteiger charge is 2.42. The van der Waals surface area contributed by atoms with Gasteiger partial charge in [0.15, 0.2) is 0 Å². The number of nitrogens with one attached hydrogen (secondary N) is 2. The van der Waals surface area contributed by atoms with E-state index in [2.05, 4.69) is 10.6 Å². The lowest BCUT2D eigenvalue weighted by Crippen LogP contribution is -2.48. The van der Waals surface area contributed by atoms with Gasteiger partial charge in [-0.15, -0.1) is 0 Å². The van der Waals surface area contributed by atoms with Crippen LogP contribution in [-0.2, 0) is 14.4 Å². The van der Waals surface area contributed by atoms with E-state index in [1.54, 1.807) is 12.1 Å². The summed E-state index contributed by atoms with van der Waals surface area (Å²) in [6, 6.07) is 3.34. The van der Waals surface area contributed by atoms with Crippen LogP contribution < -0.4 is 10.6 Å². The number of hydrogen-bond donors (Lipinski definition) is 3. The fraction of sp³-hybridized carbons (Fsp3) is 0.435. The van der Waals surface area contributed by atoms with Crippen molar-refractivity contribution in [3.05, 3.63) is 41.5 Å². The van der Waals surface area contributed by atoms with E-state index < -0.39 is 29.9 Å².